The molecule has 2 rings (SSSR count). The number of carbonyl (C=O) groups is 1. The van der Waals surface area contributed by atoms with Crippen LogP contribution in [0.1, 0.15) is 30.1 Å². The molecule has 1 fully saturated rings. The van der Waals surface area contributed by atoms with Crippen molar-refractivity contribution >= 4 is 5.91 Å². The first kappa shape index (κ1) is 14.9. The van der Waals surface area contributed by atoms with Crippen LogP contribution >= 0.6 is 0 Å². The molecular formula is C15H20F2N2O. The summed E-state index contributed by atoms with van der Waals surface area (Å²) in [4.78, 5) is 16.3. The third-order valence-electron chi connectivity index (χ3n) is 4.04. The van der Waals surface area contributed by atoms with E-state index < -0.39 is 11.6 Å². The Hall–Kier alpha value is -1.49. The van der Waals surface area contributed by atoms with E-state index in [4.69, 9.17) is 0 Å². The molecule has 1 amide bonds. The van der Waals surface area contributed by atoms with Crippen molar-refractivity contribution in [3.8, 4) is 0 Å². The molecule has 0 radical (unpaired) electrons. The molecule has 0 spiro atoms. The molecule has 0 aromatic heterocycles. The van der Waals surface area contributed by atoms with Gasteiger partial charge in [-0.3, -0.25) is 4.79 Å². The monoisotopic (exact) mass is 282 g/mol. The number of piperidine rings is 1. The Morgan fingerprint density at radius 2 is 1.95 bits per heavy atom. The van der Waals surface area contributed by atoms with Crippen molar-refractivity contribution in [2.24, 2.45) is 0 Å². The molecule has 0 bridgehead atoms. The smallest absolute Gasteiger partial charge is 0.253 e. The van der Waals surface area contributed by atoms with E-state index in [1.165, 1.54) is 6.07 Å². The maximum Gasteiger partial charge on any atom is 0.253 e. The molecule has 0 atom stereocenters. The van der Waals surface area contributed by atoms with E-state index in [2.05, 4.69) is 11.8 Å². The van der Waals surface area contributed by atoms with Crippen LogP contribution in [0.2, 0.25) is 0 Å². The van der Waals surface area contributed by atoms with Crippen molar-refractivity contribution < 1.29 is 13.6 Å². The standard InChI is InChI=1S/C15H20F2N2O/c1-3-19-8-6-12(7-9-19)18(2)15(20)11-4-5-13(16)14(17)10-11/h4-5,10,12H,3,6-9H2,1-2H3. The molecule has 1 aliphatic heterocycles. The molecule has 1 aliphatic rings. The van der Waals surface area contributed by atoms with Crippen molar-refractivity contribution in [3.63, 3.8) is 0 Å². The number of hydrogen-bond acceptors (Lipinski definition) is 2. The average Bonchev–Trinajstić information content (AvgIpc) is 2.48. The lowest BCUT2D eigenvalue weighted by Crippen LogP contribution is -2.45. The van der Waals surface area contributed by atoms with Crippen LogP contribution < -0.4 is 0 Å². The number of hydrogen-bond donors (Lipinski definition) is 0. The Labute approximate surface area is 118 Å². The minimum atomic E-state index is -0.981. The van der Waals surface area contributed by atoms with Gasteiger partial charge < -0.3 is 9.80 Å². The van der Waals surface area contributed by atoms with Gasteiger partial charge >= 0.3 is 0 Å². The Morgan fingerprint density at radius 1 is 1.30 bits per heavy atom. The van der Waals surface area contributed by atoms with Crippen LogP contribution in [0, 0.1) is 11.6 Å². The van der Waals surface area contributed by atoms with Gasteiger partial charge in [0.1, 0.15) is 0 Å². The van der Waals surface area contributed by atoms with Gasteiger partial charge in [0, 0.05) is 31.7 Å². The van der Waals surface area contributed by atoms with Gasteiger partial charge in [-0.1, -0.05) is 6.92 Å². The fraction of sp³-hybridized carbons (Fsp3) is 0.533. The number of benzene rings is 1. The number of nitrogens with zero attached hydrogens (tertiary/aromatic N) is 2. The predicted octanol–water partition coefficient (Wildman–Crippen LogP) is 2.52. The van der Waals surface area contributed by atoms with Crippen LogP contribution in [-0.2, 0) is 0 Å². The second-order valence-electron chi connectivity index (χ2n) is 5.21. The Kier molecular flexibility index (Phi) is 4.70. The van der Waals surface area contributed by atoms with Crippen LogP contribution in [0.5, 0.6) is 0 Å². The number of rotatable bonds is 3. The number of carbonyl (C=O) groups excluding carboxylic acids is 1. The lowest BCUT2D eigenvalue weighted by molar-refractivity contribution is 0.0646. The molecule has 1 saturated heterocycles. The predicted molar refractivity (Wildman–Crippen MR) is 73.6 cm³/mol. The average molecular weight is 282 g/mol. The molecule has 0 aliphatic carbocycles. The summed E-state index contributed by atoms with van der Waals surface area (Å²) < 4.78 is 26.1. The van der Waals surface area contributed by atoms with Crippen molar-refractivity contribution in [2.75, 3.05) is 26.7 Å². The zero-order valence-corrected chi connectivity index (χ0v) is 11.9. The van der Waals surface area contributed by atoms with E-state index in [1.807, 2.05) is 0 Å². The van der Waals surface area contributed by atoms with Gasteiger partial charge in [0.05, 0.1) is 0 Å². The zero-order valence-electron chi connectivity index (χ0n) is 11.9. The fourth-order valence-corrected chi connectivity index (χ4v) is 2.62. The summed E-state index contributed by atoms with van der Waals surface area (Å²) in [5.41, 5.74) is 0.198. The topological polar surface area (TPSA) is 23.6 Å². The molecule has 110 valence electrons. The zero-order chi connectivity index (χ0) is 14.7. The lowest BCUT2D eigenvalue weighted by Gasteiger charge is -2.36. The van der Waals surface area contributed by atoms with Crippen LogP contribution in [0.25, 0.3) is 0 Å². The van der Waals surface area contributed by atoms with Crippen LogP contribution in [0.15, 0.2) is 18.2 Å². The molecule has 0 saturated carbocycles. The highest BCUT2D eigenvalue weighted by atomic mass is 19.2. The highest BCUT2D eigenvalue weighted by molar-refractivity contribution is 5.94. The van der Waals surface area contributed by atoms with Crippen molar-refractivity contribution in [1.29, 1.82) is 0 Å². The van der Waals surface area contributed by atoms with E-state index in [0.717, 1.165) is 44.6 Å². The van der Waals surface area contributed by atoms with Crippen LogP contribution in [-0.4, -0.2) is 48.4 Å². The van der Waals surface area contributed by atoms with E-state index in [0.29, 0.717) is 0 Å². The van der Waals surface area contributed by atoms with Gasteiger partial charge in [0.15, 0.2) is 11.6 Å². The summed E-state index contributed by atoms with van der Waals surface area (Å²) in [6, 6.07) is 3.46. The third kappa shape index (κ3) is 3.15. The van der Waals surface area contributed by atoms with Gasteiger partial charge in [0.2, 0.25) is 0 Å². The molecule has 5 heteroatoms. The van der Waals surface area contributed by atoms with Crippen LogP contribution in [0.4, 0.5) is 8.78 Å². The highest BCUT2D eigenvalue weighted by Crippen LogP contribution is 2.18. The summed E-state index contributed by atoms with van der Waals surface area (Å²) in [6.45, 7) is 5.08. The van der Waals surface area contributed by atoms with Crippen LogP contribution in [0.3, 0.4) is 0 Å². The second kappa shape index (κ2) is 6.31. The Balaban J connectivity index is 2.03. The van der Waals surface area contributed by atoms with Gasteiger partial charge in [-0.25, -0.2) is 8.78 Å². The Bertz CT molecular complexity index is 485. The lowest BCUT2D eigenvalue weighted by atomic mass is 10.0. The maximum absolute atomic E-state index is 13.2. The third-order valence-corrected chi connectivity index (χ3v) is 4.04. The minimum Gasteiger partial charge on any atom is -0.339 e. The van der Waals surface area contributed by atoms with Gasteiger partial charge in [-0.05, 0) is 37.6 Å². The fourth-order valence-electron chi connectivity index (χ4n) is 2.62. The summed E-state index contributed by atoms with van der Waals surface area (Å²) in [5.74, 6) is -2.16. The SMILES string of the molecule is CCN1CCC(N(C)C(=O)c2ccc(F)c(F)c2)CC1. The first-order valence-corrected chi connectivity index (χ1v) is 6.97. The van der Waals surface area contributed by atoms with Gasteiger partial charge in [-0.15, -0.1) is 0 Å². The first-order valence-electron chi connectivity index (χ1n) is 6.97. The molecule has 1 aromatic carbocycles. The van der Waals surface area contributed by atoms with Crippen molar-refractivity contribution in [2.45, 2.75) is 25.8 Å². The molecule has 3 nitrogen and oxygen atoms in total. The van der Waals surface area contributed by atoms with Crippen molar-refractivity contribution in [1.82, 2.24) is 9.80 Å². The van der Waals surface area contributed by atoms with E-state index in [-0.39, 0.29) is 17.5 Å². The molecule has 20 heavy (non-hydrogen) atoms. The summed E-state index contributed by atoms with van der Waals surface area (Å²) in [5, 5.41) is 0. The molecule has 1 heterocycles. The van der Waals surface area contributed by atoms with Gasteiger partial charge in [0.25, 0.3) is 5.91 Å². The number of likely N-dealkylation sites (tertiary alicyclic amines) is 1. The first-order chi connectivity index (χ1) is 9.52. The molecule has 0 unspecified atom stereocenters. The summed E-state index contributed by atoms with van der Waals surface area (Å²) in [7, 11) is 1.73. The molecule has 1 aromatic rings. The highest BCUT2D eigenvalue weighted by Gasteiger charge is 2.25. The Morgan fingerprint density at radius 3 is 2.50 bits per heavy atom. The summed E-state index contributed by atoms with van der Waals surface area (Å²) >= 11 is 0. The maximum atomic E-state index is 13.2. The van der Waals surface area contributed by atoms with Gasteiger partial charge in [-0.2, -0.15) is 0 Å². The van der Waals surface area contributed by atoms with E-state index in [9.17, 15) is 13.6 Å². The number of amides is 1. The quantitative estimate of drug-likeness (QED) is 0.850. The molecule has 0 N–H and O–H groups in total. The normalized spacial score (nSPS) is 17.2. The minimum absolute atomic E-state index is 0.165. The molecular weight excluding hydrogens is 262 g/mol. The number of halogens is 2. The van der Waals surface area contributed by atoms with E-state index >= 15 is 0 Å². The second-order valence-corrected chi connectivity index (χ2v) is 5.21. The summed E-state index contributed by atoms with van der Waals surface area (Å²) in [6.07, 6.45) is 1.83. The van der Waals surface area contributed by atoms with Crippen molar-refractivity contribution in [3.05, 3.63) is 35.4 Å². The largest absolute Gasteiger partial charge is 0.339 e. The van der Waals surface area contributed by atoms with E-state index in [1.54, 1.807) is 11.9 Å².